The normalized spacial score (nSPS) is 16.1. The molecule has 5 nitrogen and oxygen atoms in total. The highest BCUT2D eigenvalue weighted by Crippen LogP contribution is 2.28. The predicted octanol–water partition coefficient (Wildman–Crippen LogP) is 4.44. The van der Waals surface area contributed by atoms with Gasteiger partial charge in [0.1, 0.15) is 0 Å². The van der Waals surface area contributed by atoms with Crippen LogP contribution in [0, 0.1) is 0 Å². The van der Waals surface area contributed by atoms with E-state index in [1.165, 1.54) is 11.1 Å². The Bertz CT molecular complexity index is 900. The van der Waals surface area contributed by atoms with Crippen molar-refractivity contribution in [2.75, 3.05) is 13.1 Å². The zero-order valence-electron chi connectivity index (χ0n) is 16.1. The van der Waals surface area contributed by atoms with E-state index in [1.54, 1.807) is 6.07 Å². The fourth-order valence-electron chi connectivity index (χ4n) is 3.93. The third-order valence-corrected chi connectivity index (χ3v) is 5.61. The van der Waals surface area contributed by atoms with Gasteiger partial charge in [-0.2, -0.15) is 0 Å². The second-order valence-electron chi connectivity index (χ2n) is 7.55. The molecule has 0 spiro atoms. The zero-order valence-corrected chi connectivity index (χ0v) is 16.1. The van der Waals surface area contributed by atoms with Crippen molar-refractivity contribution in [2.24, 2.45) is 0 Å². The van der Waals surface area contributed by atoms with Crippen molar-refractivity contribution in [3.05, 3.63) is 83.5 Å². The first kappa shape index (κ1) is 18.4. The van der Waals surface area contributed by atoms with Crippen molar-refractivity contribution < 1.29 is 9.32 Å². The molecule has 1 amide bonds. The van der Waals surface area contributed by atoms with Crippen molar-refractivity contribution in [3.8, 4) is 0 Å². The van der Waals surface area contributed by atoms with E-state index in [-0.39, 0.29) is 5.91 Å². The Morgan fingerprint density at radius 3 is 2.57 bits per heavy atom. The number of pyridine rings is 1. The summed E-state index contributed by atoms with van der Waals surface area (Å²) < 4.78 is 5.38. The van der Waals surface area contributed by atoms with Crippen LogP contribution in [0.1, 0.15) is 59.0 Å². The fourth-order valence-corrected chi connectivity index (χ4v) is 3.93. The number of likely N-dealkylation sites (tertiary alicyclic amines) is 1. The summed E-state index contributed by atoms with van der Waals surface area (Å²) in [4.78, 5) is 18.8. The maximum absolute atomic E-state index is 12.8. The molecule has 5 heteroatoms. The minimum absolute atomic E-state index is 0.0562. The van der Waals surface area contributed by atoms with E-state index in [4.69, 9.17) is 4.52 Å². The molecule has 1 aromatic carbocycles. The molecule has 1 unspecified atom stereocenters. The van der Waals surface area contributed by atoms with Gasteiger partial charge in [-0.3, -0.25) is 9.78 Å². The lowest BCUT2D eigenvalue weighted by Gasteiger charge is -2.31. The number of benzene rings is 1. The quantitative estimate of drug-likeness (QED) is 0.662. The van der Waals surface area contributed by atoms with Crippen LogP contribution < -0.4 is 0 Å². The van der Waals surface area contributed by atoms with E-state index < -0.39 is 0 Å². The van der Waals surface area contributed by atoms with Crippen molar-refractivity contribution in [2.45, 2.75) is 38.0 Å². The monoisotopic (exact) mass is 375 g/mol. The molecule has 0 saturated carbocycles. The van der Waals surface area contributed by atoms with Crippen molar-refractivity contribution in [1.29, 1.82) is 0 Å². The SMILES string of the molecule is CC(Cc1cc(C(=O)N2CCC(c3ccncc3)CC2)on1)c1ccccc1. The summed E-state index contributed by atoms with van der Waals surface area (Å²) in [7, 11) is 0. The molecule has 1 aliphatic rings. The molecule has 4 rings (SSSR count). The van der Waals surface area contributed by atoms with Gasteiger partial charge in [0.2, 0.25) is 5.76 Å². The largest absolute Gasteiger partial charge is 0.351 e. The lowest BCUT2D eigenvalue weighted by Crippen LogP contribution is -2.37. The van der Waals surface area contributed by atoms with E-state index in [1.807, 2.05) is 35.5 Å². The summed E-state index contributed by atoms with van der Waals surface area (Å²) in [6, 6.07) is 16.3. The Hall–Kier alpha value is -2.95. The molecule has 0 N–H and O–H groups in total. The summed E-state index contributed by atoms with van der Waals surface area (Å²) in [5.74, 6) is 1.10. The van der Waals surface area contributed by atoms with Crippen LogP contribution in [0.15, 0.2) is 65.4 Å². The molecule has 0 radical (unpaired) electrons. The molecule has 3 aromatic rings. The van der Waals surface area contributed by atoms with Gasteiger partial charge in [-0.1, -0.05) is 42.4 Å². The molecule has 1 aliphatic heterocycles. The van der Waals surface area contributed by atoms with Crippen LogP contribution in [-0.4, -0.2) is 34.0 Å². The van der Waals surface area contributed by atoms with Gasteiger partial charge in [0.25, 0.3) is 5.91 Å². The predicted molar refractivity (Wildman–Crippen MR) is 107 cm³/mol. The number of amides is 1. The average Bonchev–Trinajstić information content (AvgIpc) is 3.23. The van der Waals surface area contributed by atoms with Gasteiger partial charge >= 0.3 is 0 Å². The van der Waals surface area contributed by atoms with Crippen LogP contribution in [0.3, 0.4) is 0 Å². The molecule has 2 aromatic heterocycles. The van der Waals surface area contributed by atoms with Crippen molar-refractivity contribution in [3.63, 3.8) is 0 Å². The molecule has 0 bridgehead atoms. The standard InChI is InChI=1S/C23H25N3O2/c1-17(18-5-3-2-4-6-18)15-21-16-22(28-25-21)23(27)26-13-9-20(10-14-26)19-7-11-24-12-8-19/h2-8,11-12,16-17,20H,9-10,13-15H2,1H3. The maximum atomic E-state index is 12.8. The minimum atomic E-state index is -0.0562. The minimum Gasteiger partial charge on any atom is -0.351 e. The molecule has 3 heterocycles. The molecular weight excluding hydrogens is 350 g/mol. The van der Waals surface area contributed by atoms with E-state index >= 15 is 0 Å². The van der Waals surface area contributed by atoms with E-state index in [0.717, 1.165) is 38.0 Å². The number of hydrogen-bond donors (Lipinski definition) is 0. The highest BCUT2D eigenvalue weighted by Gasteiger charge is 2.27. The molecule has 1 atom stereocenters. The van der Waals surface area contributed by atoms with Gasteiger partial charge in [-0.05, 0) is 54.4 Å². The molecule has 1 saturated heterocycles. The molecule has 0 aliphatic carbocycles. The first-order valence-electron chi connectivity index (χ1n) is 9.90. The van der Waals surface area contributed by atoms with Crippen LogP contribution in [0.2, 0.25) is 0 Å². The topological polar surface area (TPSA) is 59.2 Å². The van der Waals surface area contributed by atoms with Crippen LogP contribution in [0.5, 0.6) is 0 Å². The summed E-state index contributed by atoms with van der Waals surface area (Å²) in [6.07, 6.45) is 6.34. The average molecular weight is 375 g/mol. The number of carbonyl (C=O) groups excluding carboxylic acids is 1. The number of carbonyl (C=O) groups is 1. The van der Waals surface area contributed by atoms with Crippen LogP contribution >= 0.6 is 0 Å². The zero-order chi connectivity index (χ0) is 19.3. The summed E-state index contributed by atoms with van der Waals surface area (Å²) in [5, 5.41) is 4.13. The Morgan fingerprint density at radius 2 is 1.86 bits per heavy atom. The molecule has 1 fully saturated rings. The number of rotatable bonds is 5. The summed E-state index contributed by atoms with van der Waals surface area (Å²) >= 11 is 0. The van der Waals surface area contributed by atoms with Crippen molar-refractivity contribution in [1.82, 2.24) is 15.0 Å². The number of nitrogens with zero attached hydrogens (tertiary/aromatic N) is 3. The lowest BCUT2D eigenvalue weighted by molar-refractivity contribution is 0.0671. The number of piperidine rings is 1. The third kappa shape index (κ3) is 4.14. The van der Waals surface area contributed by atoms with E-state index in [9.17, 15) is 4.79 Å². The third-order valence-electron chi connectivity index (χ3n) is 5.61. The molecule has 144 valence electrons. The fraction of sp³-hybridized carbons (Fsp3) is 0.348. The van der Waals surface area contributed by atoms with Gasteiger partial charge in [0, 0.05) is 31.5 Å². The Balaban J connectivity index is 1.35. The number of hydrogen-bond acceptors (Lipinski definition) is 4. The van der Waals surface area contributed by atoms with Gasteiger partial charge in [0.15, 0.2) is 0 Å². The van der Waals surface area contributed by atoms with Gasteiger partial charge < -0.3 is 9.42 Å². The molecule has 28 heavy (non-hydrogen) atoms. The lowest BCUT2D eigenvalue weighted by atomic mass is 9.90. The summed E-state index contributed by atoms with van der Waals surface area (Å²) in [6.45, 7) is 3.64. The first-order chi connectivity index (χ1) is 13.7. The van der Waals surface area contributed by atoms with Crippen LogP contribution in [0.25, 0.3) is 0 Å². The van der Waals surface area contributed by atoms with Crippen molar-refractivity contribution >= 4 is 5.91 Å². The summed E-state index contributed by atoms with van der Waals surface area (Å²) in [5.41, 5.74) is 3.39. The second kappa shape index (κ2) is 8.38. The highest BCUT2D eigenvalue weighted by molar-refractivity contribution is 5.91. The first-order valence-corrected chi connectivity index (χ1v) is 9.90. The van der Waals surface area contributed by atoms with Crippen LogP contribution in [-0.2, 0) is 6.42 Å². The smallest absolute Gasteiger partial charge is 0.292 e. The Labute approximate surface area is 165 Å². The highest BCUT2D eigenvalue weighted by atomic mass is 16.5. The van der Waals surface area contributed by atoms with Gasteiger partial charge in [0.05, 0.1) is 5.69 Å². The Kier molecular flexibility index (Phi) is 5.51. The molecular formula is C23H25N3O2. The Morgan fingerprint density at radius 1 is 1.14 bits per heavy atom. The van der Waals surface area contributed by atoms with E-state index in [2.05, 4.69) is 41.3 Å². The number of aromatic nitrogens is 2. The van der Waals surface area contributed by atoms with E-state index in [0.29, 0.717) is 17.6 Å². The maximum Gasteiger partial charge on any atom is 0.292 e. The van der Waals surface area contributed by atoms with Gasteiger partial charge in [-0.25, -0.2) is 0 Å². The van der Waals surface area contributed by atoms with Gasteiger partial charge in [-0.15, -0.1) is 0 Å². The second-order valence-corrected chi connectivity index (χ2v) is 7.55. The van der Waals surface area contributed by atoms with Crippen LogP contribution in [0.4, 0.5) is 0 Å².